The maximum atomic E-state index is 12.3. The van der Waals surface area contributed by atoms with Crippen LogP contribution in [0, 0.1) is 5.92 Å². The molecule has 0 bridgehead atoms. The second-order valence-electron chi connectivity index (χ2n) is 5.13. The zero-order valence-corrected chi connectivity index (χ0v) is 13.3. The second-order valence-corrected chi connectivity index (χ2v) is 5.52. The van der Waals surface area contributed by atoms with Crippen LogP contribution in [0.3, 0.4) is 0 Å². The number of hydrazone groups is 1. The molecule has 6 nitrogen and oxygen atoms in total. The molecule has 1 aliphatic rings. The molecule has 0 aromatic heterocycles. The van der Waals surface area contributed by atoms with Gasteiger partial charge in [-0.05, 0) is 17.7 Å². The fraction of sp³-hybridized carbons (Fsp3) is 0.333. The second kappa shape index (κ2) is 7.36. The molecule has 1 aliphatic heterocycles. The summed E-state index contributed by atoms with van der Waals surface area (Å²) in [6.45, 7) is 1.04. The van der Waals surface area contributed by atoms with E-state index in [1.807, 2.05) is 6.92 Å². The van der Waals surface area contributed by atoms with E-state index < -0.39 is 17.8 Å². The molecule has 2 rings (SSSR count). The summed E-state index contributed by atoms with van der Waals surface area (Å²) < 4.78 is 12.3. The van der Waals surface area contributed by atoms with Crippen molar-refractivity contribution in [2.24, 2.45) is 11.0 Å². The Balaban J connectivity index is 2.26. The van der Waals surface area contributed by atoms with E-state index in [0.717, 1.165) is 16.2 Å². The maximum absolute atomic E-state index is 12.3. The molecule has 8 heteroatoms. The number of carbonyl (C=O) groups is 3. The van der Waals surface area contributed by atoms with Crippen LogP contribution >= 0.6 is 12.6 Å². The Labute approximate surface area is 138 Å². The van der Waals surface area contributed by atoms with Crippen molar-refractivity contribution in [1.82, 2.24) is 5.43 Å². The lowest BCUT2D eigenvalue weighted by molar-refractivity contribution is -0.122. The lowest BCUT2D eigenvalue weighted by Crippen LogP contribution is -2.33. The third-order valence-electron chi connectivity index (χ3n) is 3.43. The molecule has 0 saturated carbocycles. The van der Waals surface area contributed by atoms with Gasteiger partial charge in [-0.25, -0.2) is 10.3 Å². The van der Waals surface area contributed by atoms with Gasteiger partial charge in [0.1, 0.15) is 0 Å². The van der Waals surface area contributed by atoms with Crippen molar-refractivity contribution in [3.05, 3.63) is 29.8 Å². The molecule has 23 heavy (non-hydrogen) atoms. The number of halogens is 1. The Morgan fingerprint density at radius 3 is 2.57 bits per heavy atom. The van der Waals surface area contributed by atoms with Gasteiger partial charge in [0.25, 0.3) is 5.24 Å². The van der Waals surface area contributed by atoms with Gasteiger partial charge < -0.3 is 0 Å². The summed E-state index contributed by atoms with van der Waals surface area (Å²) in [5.41, 5.74) is 4.22. The molecular formula is C15H16FN3O3S. The van der Waals surface area contributed by atoms with Crippen LogP contribution in [-0.4, -0.2) is 29.4 Å². The number of nitrogens with zero attached hydrogens (tertiary/aromatic N) is 2. The predicted octanol–water partition coefficient (Wildman–Crippen LogP) is 2.29. The van der Waals surface area contributed by atoms with E-state index in [-0.39, 0.29) is 18.2 Å². The Kier molecular flexibility index (Phi) is 5.49. The topological polar surface area (TPSA) is 78.8 Å². The van der Waals surface area contributed by atoms with E-state index in [4.69, 9.17) is 0 Å². The number of nitrogens with one attached hydrogen (secondary N) is 1. The third kappa shape index (κ3) is 3.95. The first-order valence-electron chi connectivity index (χ1n) is 7.02. The Bertz CT molecular complexity index is 660. The number of amides is 3. The molecule has 122 valence electrons. The number of benzene rings is 1. The Morgan fingerprint density at radius 2 is 2.04 bits per heavy atom. The molecule has 1 aromatic rings. The number of anilines is 1. The van der Waals surface area contributed by atoms with Gasteiger partial charge in [0, 0.05) is 12.3 Å². The minimum atomic E-state index is -0.845. The highest BCUT2D eigenvalue weighted by Gasteiger charge is 2.23. The van der Waals surface area contributed by atoms with Gasteiger partial charge in [-0.15, -0.1) is 0 Å². The summed E-state index contributed by atoms with van der Waals surface area (Å²) in [5.74, 6) is -0.831. The summed E-state index contributed by atoms with van der Waals surface area (Å²) in [4.78, 5) is 35.4. The lowest BCUT2D eigenvalue weighted by atomic mass is 9.94. The number of thiol groups is 1. The third-order valence-corrected chi connectivity index (χ3v) is 3.63. The number of alkyl halides is 1. The van der Waals surface area contributed by atoms with Crippen LogP contribution in [0.2, 0.25) is 0 Å². The number of rotatable bonds is 4. The van der Waals surface area contributed by atoms with Crippen molar-refractivity contribution >= 4 is 41.1 Å². The zero-order chi connectivity index (χ0) is 17.0. The van der Waals surface area contributed by atoms with Gasteiger partial charge in [0.2, 0.25) is 11.8 Å². The lowest BCUT2D eigenvalue weighted by Gasteiger charge is -2.21. The van der Waals surface area contributed by atoms with Crippen molar-refractivity contribution in [3.63, 3.8) is 0 Å². The Morgan fingerprint density at radius 1 is 1.39 bits per heavy atom. The summed E-state index contributed by atoms with van der Waals surface area (Å²) in [6, 6.07) is 6.50. The van der Waals surface area contributed by atoms with Gasteiger partial charge in [0.05, 0.1) is 24.5 Å². The molecule has 3 amide bonds. The van der Waals surface area contributed by atoms with E-state index in [9.17, 15) is 18.8 Å². The van der Waals surface area contributed by atoms with Gasteiger partial charge >= 0.3 is 0 Å². The molecule has 0 spiro atoms. The van der Waals surface area contributed by atoms with E-state index in [1.54, 1.807) is 24.3 Å². The van der Waals surface area contributed by atoms with Gasteiger partial charge in [-0.3, -0.25) is 18.8 Å². The predicted molar refractivity (Wildman–Crippen MR) is 87.4 cm³/mol. The summed E-state index contributed by atoms with van der Waals surface area (Å²) in [7, 11) is 0. The number of hydrogen-bond donors (Lipinski definition) is 2. The molecule has 0 fully saturated rings. The van der Waals surface area contributed by atoms with Crippen LogP contribution < -0.4 is 10.3 Å². The molecular weight excluding hydrogens is 321 g/mol. The molecule has 1 heterocycles. The van der Waals surface area contributed by atoms with Crippen LogP contribution in [0.25, 0.3) is 0 Å². The normalized spacial score (nSPS) is 17.3. The van der Waals surface area contributed by atoms with E-state index in [2.05, 4.69) is 23.2 Å². The van der Waals surface area contributed by atoms with Crippen LogP contribution in [-0.2, 0) is 9.59 Å². The van der Waals surface area contributed by atoms with Crippen LogP contribution in [0.1, 0.15) is 25.3 Å². The first-order valence-corrected chi connectivity index (χ1v) is 7.47. The van der Waals surface area contributed by atoms with E-state index >= 15 is 0 Å². The fourth-order valence-electron chi connectivity index (χ4n) is 2.34. The van der Waals surface area contributed by atoms with E-state index in [0.29, 0.717) is 12.1 Å². The van der Waals surface area contributed by atoms with Crippen LogP contribution in [0.5, 0.6) is 0 Å². The molecule has 0 aliphatic carbocycles. The quantitative estimate of drug-likeness (QED) is 0.828. The standard InChI is InChI=1S/C15H16FN3O3S/c1-9-8-12(20)17-18-14(9)10-2-4-11(5-3-10)19(15(22)23)13(21)6-7-16/h2-5,9H,6-8H2,1H3,(H,17,20)(H,22,23). The SMILES string of the molecule is CC1CC(=O)NN=C1c1ccc(N(C(=O)S)C(=O)CCF)cc1. The van der Waals surface area contributed by atoms with Crippen molar-refractivity contribution in [1.29, 1.82) is 0 Å². The minimum absolute atomic E-state index is 0.0367. The average Bonchev–Trinajstić information content (AvgIpc) is 2.48. The van der Waals surface area contributed by atoms with Crippen LogP contribution in [0.4, 0.5) is 14.9 Å². The molecule has 1 N–H and O–H groups in total. The maximum Gasteiger partial charge on any atom is 0.289 e. The first-order chi connectivity index (χ1) is 10.9. The average molecular weight is 337 g/mol. The van der Waals surface area contributed by atoms with Crippen molar-refractivity contribution in [2.75, 3.05) is 11.6 Å². The van der Waals surface area contributed by atoms with Gasteiger partial charge in [-0.2, -0.15) is 5.10 Å². The monoisotopic (exact) mass is 337 g/mol. The summed E-state index contributed by atoms with van der Waals surface area (Å²) >= 11 is 3.66. The smallest absolute Gasteiger partial charge is 0.274 e. The van der Waals surface area contributed by atoms with Gasteiger partial charge in [-0.1, -0.05) is 31.7 Å². The summed E-state index contributed by atoms with van der Waals surface area (Å²) in [6.07, 6.45) is -0.0410. The number of hydrogen-bond acceptors (Lipinski definition) is 4. The highest BCUT2D eigenvalue weighted by molar-refractivity contribution is 7.97. The van der Waals surface area contributed by atoms with Gasteiger partial charge in [0.15, 0.2) is 0 Å². The zero-order valence-electron chi connectivity index (χ0n) is 12.5. The molecule has 0 saturated heterocycles. The van der Waals surface area contributed by atoms with Crippen molar-refractivity contribution in [2.45, 2.75) is 19.8 Å². The highest BCUT2D eigenvalue weighted by Crippen LogP contribution is 2.22. The number of imide groups is 1. The first kappa shape index (κ1) is 17.1. The van der Waals surface area contributed by atoms with Crippen LogP contribution in [0.15, 0.2) is 29.4 Å². The van der Waals surface area contributed by atoms with Crippen molar-refractivity contribution < 1.29 is 18.8 Å². The van der Waals surface area contributed by atoms with Crippen molar-refractivity contribution in [3.8, 4) is 0 Å². The summed E-state index contributed by atoms with van der Waals surface area (Å²) in [5, 5.41) is 3.27. The van der Waals surface area contributed by atoms with E-state index in [1.165, 1.54) is 0 Å². The molecule has 1 aromatic carbocycles. The molecule has 1 unspecified atom stereocenters. The highest BCUT2D eigenvalue weighted by atomic mass is 32.1. The number of carbonyl (C=O) groups excluding carboxylic acids is 3. The minimum Gasteiger partial charge on any atom is -0.274 e. The largest absolute Gasteiger partial charge is 0.289 e. The fourth-order valence-corrected chi connectivity index (χ4v) is 2.56. The molecule has 0 radical (unpaired) electrons. The Hall–Kier alpha value is -2.22. The molecule has 1 atom stereocenters.